The fraction of sp³-hybridized carbons (Fsp3) is 0.250. The summed E-state index contributed by atoms with van der Waals surface area (Å²) >= 11 is 0. The second kappa shape index (κ2) is 6.14. The zero-order valence-electron chi connectivity index (χ0n) is 10.9. The third-order valence-corrected chi connectivity index (χ3v) is 3.08. The normalized spacial score (nSPS) is 15.9. The lowest BCUT2D eigenvalue weighted by molar-refractivity contribution is -0.123. The number of hydrogen-bond donors (Lipinski definition) is 0. The van der Waals surface area contributed by atoms with E-state index in [9.17, 15) is 9.59 Å². The van der Waals surface area contributed by atoms with Crippen molar-refractivity contribution in [2.45, 2.75) is 19.3 Å². The molecule has 0 radical (unpaired) electrons. The molecule has 0 spiro atoms. The number of carbonyl (C=O) groups excluding carboxylic acids is 2. The minimum Gasteiger partial charge on any atom is -0.497 e. The molecule has 0 N–H and O–H groups in total. The van der Waals surface area contributed by atoms with E-state index >= 15 is 0 Å². The van der Waals surface area contributed by atoms with Gasteiger partial charge in [0.05, 0.1) is 12.7 Å². The van der Waals surface area contributed by atoms with E-state index in [1.54, 1.807) is 19.3 Å². The fourth-order valence-corrected chi connectivity index (χ4v) is 1.99. The largest absolute Gasteiger partial charge is 0.497 e. The van der Waals surface area contributed by atoms with Gasteiger partial charge in [-0.1, -0.05) is 24.3 Å². The van der Waals surface area contributed by atoms with Gasteiger partial charge in [-0.15, -0.1) is 0 Å². The summed E-state index contributed by atoms with van der Waals surface area (Å²) in [7, 11) is 1.62. The van der Waals surface area contributed by atoms with Gasteiger partial charge in [0.1, 0.15) is 5.75 Å². The lowest BCUT2D eigenvalue weighted by Gasteiger charge is -2.10. The number of rotatable bonds is 3. The van der Waals surface area contributed by atoms with Crippen molar-refractivity contribution in [3.63, 3.8) is 0 Å². The summed E-state index contributed by atoms with van der Waals surface area (Å²) in [6, 6.07) is 7.56. The molecule has 3 heteroatoms. The fourth-order valence-electron chi connectivity index (χ4n) is 1.99. The molecule has 1 aromatic carbocycles. The van der Waals surface area contributed by atoms with E-state index in [4.69, 9.17) is 4.74 Å². The zero-order valence-corrected chi connectivity index (χ0v) is 10.9. The number of Topliss-reactive ketones (excluding diaryl/α,β-unsaturated/α-hetero) is 2. The molecule has 0 bridgehead atoms. The highest BCUT2D eigenvalue weighted by atomic mass is 16.5. The van der Waals surface area contributed by atoms with Crippen LogP contribution in [0.1, 0.15) is 24.8 Å². The van der Waals surface area contributed by atoms with Crippen LogP contribution in [-0.4, -0.2) is 18.7 Å². The van der Waals surface area contributed by atoms with E-state index in [-0.39, 0.29) is 11.6 Å². The summed E-state index contributed by atoms with van der Waals surface area (Å²) < 4.78 is 5.07. The topological polar surface area (TPSA) is 43.4 Å². The van der Waals surface area contributed by atoms with Crippen molar-refractivity contribution in [1.82, 2.24) is 0 Å². The van der Waals surface area contributed by atoms with Crippen molar-refractivity contribution in [3.8, 4) is 5.75 Å². The van der Waals surface area contributed by atoms with E-state index in [1.165, 1.54) is 0 Å². The molecule has 0 atom stereocenters. The number of carbonyl (C=O) groups is 2. The van der Waals surface area contributed by atoms with Gasteiger partial charge in [-0.3, -0.25) is 9.59 Å². The smallest absolute Gasteiger partial charge is 0.166 e. The van der Waals surface area contributed by atoms with E-state index in [0.29, 0.717) is 24.8 Å². The van der Waals surface area contributed by atoms with Gasteiger partial charge >= 0.3 is 0 Å². The Morgan fingerprint density at radius 2 is 1.68 bits per heavy atom. The van der Waals surface area contributed by atoms with Gasteiger partial charge in [-0.2, -0.15) is 0 Å². The predicted octanol–water partition coefficient (Wildman–Crippen LogP) is 2.96. The lowest BCUT2D eigenvalue weighted by Crippen LogP contribution is -2.18. The molecule has 0 unspecified atom stereocenters. The van der Waals surface area contributed by atoms with Gasteiger partial charge in [0, 0.05) is 12.8 Å². The summed E-state index contributed by atoms with van der Waals surface area (Å²) in [4.78, 5) is 23.2. The molecule has 3 nitrogen and oxygen atoms in total. The molecule has 19 heavy (non-hydrogen) atoms. The third kappa shape index (κ3) is 3.41. The van der Waals surface area contributed by atoms with E-state index in [1.807, 2.05) is 30.3 Å². The van der Waals surface area contributed by atoms with Crippen LogP contribution in [-0.2, 0) is 9.59 Å². The van der Waals surface area contributed by atoms with Crippen LogP contribution in [0.15, 0.2) is 42.0 Å². The van der Waals surface area contributed by atoms with Crippen LogP contribution in [0.2, 0.25) is 0 Å². The molecule has 0 saturated heterocycles. The summed E-state index contributed by atoms with van der Waals surface area (Å²) in [5, 5.41) is 0. The maximum absolute atomic E-state index is 11.6. The molecule has 0 aromatic heterocycles. The molecule has 1 saturated carbocycles. The molecule has 0 amide bonds. The first-order chi connectivity index (χ1) is 9.20. The first-order valence-corrected chi connectivity index (χ1v) is 6.29. The standard InChI is InChI=1S/C16H16O3/c1-19-13-10-8-12(9-11-13)4-2-5-14-15(17)6-3-7-16(14)18/h2,4-5,8-11H,3,6-7H2,1H3/b4-2+. The van der Waals surface area contributed by atoms with Crippen molar-refractivity contribution in [3.05, 3.63) is 47.6 Å². The van der Waals surface area contributed by atoms with E-state index in [0.717, 1.165) is 11.3 Å². The van der Waals surface area contributed by atoms with E-state index < -0.39 is 0 Å². The van der Waals surface area contributed by atoms with E-state index in [2.05, 4.69) is 0 Å². The number of ether oxygens (including phenoxy) is 1. The number of hydrogen-bond acceptors (Lipinski definition) is 3. The highest BCUT2D eigenvalue weighted by Gasteiger charge is 2.21. The Morgan fingerprint density at radius 1 is 1.05 bits per heavy atom. The summed E-state index contributed by atoms with van der Waals surface area (Å²) in [5.74, 6) is 0.708. The van der Waals surface area contributed by atoms with Crippen LogP contribution in [0.5, 0.6) is 5.75 Å². The van der Waals surface area contributed by atoms with Crippen molar-refractivity contribution in [2.24, 2.45) is 0 Å². The van der Waals surface area contributed by atoms with Gasteiger partial charge in [0.15, 0.2) is 11.6 Å². The Morgan fingerprint density at radius 3 is 2.26 bits per heavy atom. The first kappa shape index (κ1) is 13.3. The van der Waals surface area contributed by atoms with Crippen LogP contribution in [0, 0.1) is 0 Å². The van der Waals surface area contributed by atoms with Crippen molar-refractivity contribution in [1.29, 1.82) is 0 Å². The summed E-state index contributed by atoms with van der Waals surface area (Å²) in [6.07, 6.45) is 6.87. The Balaban J connectivity index is 2.09. The molecule has 1 fully saturated rings. The molecule has 2 rings (SSSR count). The average molecular weight is 256 g/mol. The second-order valence-electron chi connectivity index (χ2n) is 4.41. The monoisotopic (exact) mass is 256 g/mol. The Hall–Kier alpha value is -2.16. The van der Waals surface area contributed by atoms with Gasteiger partial charge in [-0.25, -0.2) is 0 Å². The van der Waals surface area contributed by atoms with Gasteiger partial charge in [0.2, 0.25) is 0 Å². The minimum absolute atomic E-state index is 0.0457. The summed E-state index contributed by atoms with van der Waals surface area (Å²) in [6.45, 7) is 0. The molecule has 1 aliphatic carbocycles. The Kier molecular flexibility index (Phi) is 4.29. The zero-order chi connectivity index (χ0) is 13.7. The number of benzene rings is 1. The maximum atomic E-state index is 11.6. The Bertz CT molecular complexity index is 518. The third-order valence-electron chi connectivity index (χ3n) is 3.08. The average Bonchev–Trinajstić information content (AvgIpc) is 2.43. The highest BCUT2D eigenvalue weighted by molar-refractivity contribution is 6.21. The van der Waals surface area contributed by atoms with Crippen LogP contribution in [0.4, 0.5) is 0 Å². The first-order valence-electron chi connectivity index (χ1n) is 6.29. The molecule has 98 valence electrons. The minimum atomic E-state index is -0.0457. The Labute approximate surface area is 112 Å². The molecule has 0 heterocycles. The van der Waals surface area contributed by atoms with Gasteiger partial charge in [-0.05, 0) is 30.2 Å². The second-order valence-corrected chi connectivity index (χ2v) is 4.41. The quantitative estimate of drug-likeness (QED) is 0.617. The SMILES string of the molecule is COc1ccc(/C=C/C=C2C(=O)CCCC2=O)cc1. The van der Waals surface area contributed by atoms with Crippen LogP contribution in [0.3, 0.4) is 0 Å². The number of methoxy groups -OCH3 is 1. The van der Waals surface area contributed by atoms with Crippen LogP contribution >= 0.6 is 0 Å². The predicted molar refractivity (Wildman–Crippen MR) is 74.0 cm³/mol. The van der Waals surface area contributed by atoms with Crippen LogP contribution in [0.25, 0.3) is 6.08 Å². The maximum Gasteiger partial charge on any atom is 0.166 e. The summed E-state index contributed by atoms with van der Waals surface area (Å²) in [5.41, 5.74) is 1.32. The highest BCUT2D eigenvalue weighted by Crippen LogP contribution is 2.17. The van der Waals surface area contributed by atoms with Gasteiger partial charge < -0.3 is 4.74 Å². The molecule has 1 aliphatic rings. The molecular weight excluding hydrogens is 240 g/mol. The number of allylic oxidation sites excluding steroid dienone is 3. The van der Waals surface area contributed by atoms with Crippen LogP contribution < -0.4 is 4.74 Å². The number of ketones is 2. The molecule has 0 aliphatic heterocycles. The lowest BCUT2D eigenvalue weighted by atomic mass is 9.92. The van der Waals surface area contributed by atoms with Gasteiger partial charge in [0.25, 0.3) is 0 Å². The van der Waals surface area contributed by atoms with Crippen molar-refractivity contribution < 1.29 is 14.3 Å². The van der Waals surface area contributed by atoms with Crippen molar-refractivity contribution >= 4 is 17.6 Å². The molecular formula is C16H16O3. The van der Waals surface area contributed by atoms with Crippen molar-refractivity contribution in [2.75, 3.05) is 7.11 Å². The molecule has 1 aromatic rings.